The number of unbranched alkanes of at least 4 members (excludes halogenated alkanes) is 12. The summed E-state index contributed by atoms with van der Waals surface area (Å²) in [4.78, 5) is 0. The van der Waals surface area contributed by atoms with E-state index < -0.39 is 0 Å². The van der Waals surface area contributed by atoms with E-state index in [0.717, 1.165) is 0 Å². The minimum Gasteiger partial charge on any atom is -2.00 e. The van der Waals surface area contributed by atoms with E-state index in [1.165, 1.54) is 246 Å². The Hall–Kier alpha value is 3.85. The van der Waals surface area contributed by atoms with Gasteiger partial charge in [0.15, 0.2) is 0 Å². The monoisotopic (exact) mass is 1800 g/mol. The van der Waals surface area contributed by atoms with Gasteiger partial charge in [-0.1, -0.05) is 160 Å². The van der Waals surface area contributed by atoms with Gasteiger partial charge < -0.3 is 157 Å². The van der Waals surface area contributed by atoms with Crippen LogP contribution in [0.15, 0.2) is 0 Å². The van der Waals surface area contributed by atoms with Gasteiger partial charge in [0.1, 0.15) is 0 Å². The molecule has 0 unspecified atom stereocenters. The molecule has 0 aliphatic rings. The molecule has 0 bridgehead atoms. The number of hydrogen-bond acceptors (Lipinski definition) is 7. The summed E-state index contributed by atoms with van der Waals surface area (Å²) in [6.07, 6.45) is 33.2. The van der Waals surface area contributed by atoms with Crippen LogP contribution in [0, 0.1) is 0 Å². The second-order valence-corrected chi connectivity index (χ2v) is 17.0. The normalized spacial score (nSPS) is 7.37. The average molecular weight is 1790 g/mol. The fraction of sp³-hybridized carbons (Fsp3) is 1.00. The van der Waals surface area contributed by atoms with Crippen molar-refractivity contribution in [3.63, 3.8) is 0 Å². The molecule has 0 saturated heterocycles. The van der Waals surface area contributed by atoms with Crippen molar-refractivity contribution in [2.75, 3.05) is 78.5 Å². The van der Waals surface area contributed by atoms with Crippen LogP contribution in [0.4, 0.5) is 0 Å². The number of quaternary nitrogens is 3. The number of hydrogen-bond donors (Lipinski definition) is 0. The second kappa shape index (κ2) is 185. The molecule has 0 aromatic rings. The van der Waals surface area contributed by atoms with Crippen LogP contribution in [-0.4, -0.2) is 130 Å². The number of halogens is 1. The van der Waals surface area contributed by atoms with Crippen molar-refractivity contribution in [3.8, 4) is 0 Å². The third-order valence-corrected chi connectivity index (χ3v) is 11.8. The van der Waals surface area contributed by atoms with E-state index in [9.17, 15) is 0 Å². The number of nitrogens with zero attached hydrogens (tertiary/aromatic N) is 3. The van der Waals surface area contributed by atoms with Crippen LogP contribution in [0.25, 0.3) is 0 Å². The summed E-state index contributed by atoms with van der Waals surface area (Å²) in [5.41, 5.74) is 0. The molecule has 0 aliphatic heterocycles. The van der Waals surface area contributed by atoms with Gasteiger partial charge in [-0.25, -0.2) is 0 Å². The van der Waals surface area contributed by atoms with Gasteiger partial charge >= 0.3 is 16.8 Å². The molecule has 0 fully saturated rings. The van der Waals surface area contributed by atoms with Gasteiger partial charge in [0.25, 0.3) is 0 Å². The van der Waals surface area contributed by atoms with Gasteiger partial charge in [0.05, 0.1) is 78.5 Å². The largest absolute Gasteiger partial charge is 3.00 e. The maximum Gasteiger partial charge on any atom is 3.00 e. The van der Waals surface area contributed by atoms with Gasteiger partial charge in [0.2, 0.25) is 0 Å². The molecule has 0 aromatic heterocycles. The van der Waals surface area contributed by atoms with Crippen LogP contribution in [0.3, 0.4) is 0 Å². The fourth-order valence-corrected chi connectivity index (χ4v) is 7.93. The minimum atomic E-state index is 0. The first-order valence-corrected chi connectivity index (χ1v) is 24.3. The first-order chi connectivity index (χ1) is 24.7. The topological polar surface area (TPSA) is 694 Å². The SMILES string of the molecule is CCCC[N+](CCCC)(CCCC)CCCC.CCCC[N+](CCCC)(CCCC)CCCC.CCCC[N+](CCCC)(CCCC)CCCC.[Cl-].[Co+3].[Mo].[Mo].[Mo].[Mo].[Mo].[Mo].[O-2].[O-2].[O-2].[O-2].[O-2].[O-2].[O-2].[O-2].[O-2].[O-2].[O-2].[O-2].[O-2].[O-2].[O-2].[O-2].[O-2].[OH-].[OH-].[OH-].[OH-].[OH-].[OH-].[OH-]. The molecule has 0 rings (SSSR count). The first-order valence-electron chi connectivity index (χ1n) is 24.3. The van der Waals surface area contributed by atoms with Crippen LogP contribution in [0.1, 0.15) is 237 Å². The molecule has 83 heavy (non-hydrogen) atoms. The molecule has 0 heterocycles. The quantitative estimate of drug-likeness (QED) is 0.0433. The van der Waals surface area contributed by atoms with Crippen LogP contribution in [0.2, 0.25) is 0 Å². The van der Waals surface area contributed by atoms with E-state index in [2.05, 4.69) is 83.1 Å². The predicted octanol–water partition coefficient (Wildman–Crippen LogP) is 8.74. The molecule has 0 aromatic carbocycles. The molecule has 0 saturated carbocycles. The number of rotatable bonds is 36. The van der Waals surface area contributed by atoms with Crippen molar-refractivity contribution in [3.05, 3.63) is 0 Å². The molecule has 0 aliphatic carbocycles. The van der Waals surface area contributed by atoms with Crippen molar-refractivity contribution in [2.24, 2.45) is 0 Å². The molecule has 0 amide bonds. The summed E-state index contributed by atoms with van der Waals surface area (Å²) in [6.45, 7) is 45.1. The minimum absolute atomic E-state index is 0. The third-order valence-electron chi connectivity index (χ3n) is 11.8. The van der Waals surface area contributed by atoms with Gasteiger partial charge in [-0.2, -0.15) is 0 Å². The molecule has 0 spiro atoms. The van der Waals surface area contributed by atoms with Gasteiger partial charge in [-0.05, 0) is 77.0 Å². The molecular weight excluding hydrogens is 1670 g/mol. The zero-order valence-electron chi connectivity index (χ0n) is 52.0. The Morgan fingerprint density at radius 2 is 0.205 bits per heavy atom. The molecule has 554 valence electrons. The summed E-state index contributed by atoms with van der Waals surface area (Å²) < 4.78 is 4.26. The molecule has 0 atom stereocenters. The summed E-state index contributed by atoms with van der Waals surface area (Å²) in [6, 6.07) is 0. The average Bonchev–Trinajstić information content (AvgIpc) is 3.16. The summed E-state index contributed by atoms with van der Waals surface area (Å²) in [5.74, 6) is 0. The fourth-order valence-electron chi connectivity index (χ4n) is 7.93. The molecule has 27 nitrogen and oxygen atoms in total. The Bertz CT molecular complexity index is 548. The maximum atomic E-state index is 2.33. The van der Waals surface area contributed by atoms with Crippen molar-refractivity contribution < 1.29 is 300 Å². The Balaban J connectivity index is -0.0000000106. The molecule has 35 heteroatoms. The third kappa shape index (κ3) is 148. The molecular formula is C48H115ClCoMo6N3O24-36. The zero-order chi connectivity index (χ0) is 39.0. The van der Waals surface area contributed by atoms with Crippen LogP contribution >= 0.6 is 0 Å². The van der Waals surface area contributed by atoms with Gasteiger partial charge in [0, 0.05) is 126 Å². The summed E-state index contributed by atoms with van der Waals surface area (Å²) in [7, 11) is 0. The van der Waals surface area contributed by atoms with E-state index in [4.69, 9.17) is 0 Å². The van der Waals surface area contributed by atoms with Crippen molar-refractivity contribution >= 4 is 0 Å². The van der Waals surface area contributed by atoms with Crippen LogP contribution < -0.4 is 12.4 Å². The van der Waals surface area contributed by atoms with E-state index in [-0.39, 0.29) is 287 Å². The Kier molecular flexibility index (Phi) is 530. The summed E-state index contributed by atoms with van der Waals surface area (Å²) >= 11 is 0. The smallest absolute Gasteiger partial charge is 2.00 e. The second-order valence-electron chi connectivity index (χ2n) is 17.0. The van der Waals surface area contributed by atoms with Gasteiger partial charge in [-0.15, -0.1) is 0 Å². The predicted molar refractivity (Wildman–Crippen MR) is 263 cm³/mol. The van der Waals surface area contributed by atoms with Crippen LogP contribution in [0.5, 0.6) is 0 Å². The van der Waals surface area contributed by atoms with E-state index in [0.29, 0.717) is 0 Å². The van der Waals surface area contributed by atoms with Crippen molar-refractivity contribution in [1.82, 2.24) is 0 Å². The first kappa shape index (κ1) is 238. The molecule has 0 radical (unpaired) electrons. The van der Waals surface area contributed by atoms with E-state index >= 15 is 0 Å². The van der Waals surface area contributed by atoms with Crippen LogP contribution in [-0.2, 0) is 236 Å². The van der Waals surface area contributed by atoms with Crippen molar-refractivity contribution in [2.45, 2.75) is 237 Å². The Labute approximate surface area is 610 Å². The zero-order valence-corrected chi connectivity index (χ0v) is 65.9. The van der Waals surface area contributed by atoms with Crippen molar-refractivity contribution in [1.29, 1.82) is 0 Å². The molecule has 7 N–H and O–H groups in total. The van der Waals surface area contributed by atoms with E-state index in [1.54, 1.807) is 0 Å². The summed E-state index contributed by atoms with van der Waals surface area (Å²) in [5, 5.41) is 0. The van der Waals surface area contributed by atoms with Gasteiger partial charge in [-0.3, -0.25) is 0 Å². The standard InChI is InChI=1S/3C16H36N.ClH.Co.6Mo.7H2O.17O/c3*1-5-9-13-17(14-10-6-2,15-11-7-3)16-12-8-4;;;;;;;;;;;;;;;;;;;;;;;;;;;;;;;;/h3*5-16H2,1-4H3;1H;;;;;;;;7*1H2;;;;;;;;;;;;;;;;;/q3*+1;;+3;;;;;;;;;;;;;;17*-2/p-8. The maximum absolute atomic E-state index is 2.33. The Morgan fingerprint density at radius 1 is 0.157 bits per heavy atom. The van der Waals surface area contributed by atoms with E-state index in [1.807, 2.05) is 0 Å². The Morgan fingerprint density at radius 3 is 0.241 bits per heavy atom.